The van der Waals surface area contributed by atoms with Gasteiger partial charge in [-0.1, -0.05) is 24.3 Å². The molecular formula is C22H15F2NO3S. The molecule has 0 saturated heterocycles. The first-order chi connectivity index (χ1) is 13.9. The Hall–Kier alpha value is -3.32. The van der Waals surface area contributed by atoms with E-state index in [0.29, 0.717) is 22.3 Å². The number of pyridine rings is 1. The number of nitrogens with zero attached hydrogens (tertiary/aromatic N) is 1. The van der Waals surface area contributed by atoms with Crippen molar-refractivity contribution in [2.75, 3.05) is 7.11 Å². The zero-order valence-corrected chi connectivity index (χ0v) is 16.1. The van der Waals surface area contributed by atoms with Crippen LogP contribution in [0.25, 0.3) is 22.0 Å². The lowest BCUT2D eigenvalue weighted by Gasteiger charge is -2.15. The number of hydrogen-bond acceptors (Lipinski definition) is 4. The van der Waals surface area contributed by atoms with Crippen molar-refractivity contribution in [1.29, 1.82) is 0 Å². The van der Waals surface area contributed by atoms with Crippen LogP contribution in [0.1, 0.15) is 0 Å². The topological polar surface area (TPSA) is 56.3 Å². The number of aromatic nitrogens is 1. The molecule has 4 rings (SSSR count). The summed E-state index contributed by atoms with van der Waals surface area (Å²) in [4.78, 5) is 3.88. The lowest BCUT2D eigenvalue weighted by Crippen LogP contribution is -2.06. The normalized spacial score (nSPS) is 11.6. The number of sulfone groups is 1. The first kappa shape index (κ1) is 19.0. The summed E-state index contributed by atoms with van der Waals surface area (Å²) >= 11 is 0. The summed E-state index contributed by atoms with van der Waals surface area (Å²) in [5.74, 6) is -0.581. The Morgan fingerprint density at radius 1 is 0.931 bits per heavy atom. The predicted octanol–water partition coefficient (Wildman–Crippen LogP) is 5.02. The van der Waals surface area contributed by atoms with Gasteiger partial charge in [-0.15, -0.1) is 0 Å². The Balaban J connectivity index is 2.08. The predicted molar refractivity (Wildman–Crippen MR) is 106 cm³/mol. The molecule has 1 aromatic heterocycles. The molecule has 3 aromatic carbocycles. The second-order valence-corrected chi connectivity index (χ2v) is 8.24. The SMILES string of the molecule is COc1cccc(-c2c(S(=O)(=O)c3ccc(F)cc3)cnc3c(F)cccc23)c1. The van der Waals surface area contributed by atoms with E-state index in [1.54, 1.807) is 30.3 Å². The third kappa shape index (κ3) is 3.34. The van der Waals surface area contributed by atoms with Crippen LogP contribution < -0.4 is 4.74 Å². The quantitative estimate of drug-likeness (QED) is 0.443. The summed E-state index contributed by atoms with van der Waals surface area (Å²) in [6.45, 7) is 0. The van der Waals surface area contributed by atoms with Gasteiger partial charge in [0.2, 0.25) is 9.84 Å². The van der Waals surface area contributed by atoms with Crippen molar-refractivity contribution < 1.29 is 21.9 Å². The molecular weight excluding hydrogens is 396 g/mol. The lowest BCUT2D eigenvalue weighted by atomic mass is 10.0. The van der Waals surface area contributed by atoms with Crippen molar-refractivity contribution >= 4 is 20.7 Å². The van der Waals surface area contributed by atoms with Gasteiger partial charge in [0.15, 0.2) is 0 Å². The number of halogens is 2. The van der Waals surface area contributed by atoms with E-state index in [0.717, 1.165) is 18.3 Å². The molecule has 0 N–H and O–H groups in total. The monoisotopic (exact) mass is 411 g/mol. The Bertz CT molecular complexity index is 1320. The zero-order valence-electron chi connectivity index (χ0n) is 15.3. The third-order valence-corrected chi connectivity index (χ3v) is 6.37. The standard InChI is InChI=1S/C22H15F2NO3S/c1-28-16-5-2-4-14(12-16)21-18-6-3-7-19(24)22(18)25-13-20(21)29(26,27)17-10-8-15(23)9-11-17/h2-13H,1H3. The molecule has 29 heavy (non-hydrogen) atoms. The van der Waals surface area contributed by atoms with Gasteiger partial charge < -0.3 is 4.74 Å². The average molecular weight is 411 g/mol. The van der Waals surface area contributed by atoms with Crippen LogP contribution in [0.2, 0.25) is 0 Å². The van der Waals surface area contributed by atoms with Gasteiger partial charge in [-0.05, 0) is 48.0 Å². The van der Waals surface area contributed by atoms with Crippen molar-refractivity contribution in [2.45, 2.75) is 9.79 Å². The Morgan fingerprint density at radius 2 is 1.66 bits per heavy atom. The Kier molecular flexibility index (Phi) is 4.76. The highest BCUT2D eigenvalue weighted by atomic mass is 32.2. The van der Waals surface area contributed by atoms with Gasteiger partial charge in [0, 0.05) is 17.1 Å². The summed E-state index contributed by atoms with van der Waals surface area (Å²) in [7, 11) is -2.55. The molecule has 0 amide bonds. The molecule has 7 heteroatoms. The average Bonchev–Trinajstić information content (AvgIpc) is 2.73. The van der Waals surface area contributed by atoms with Crippen LogP contribution in [0.4, 0.5) is 8.78 Å². The molecule has 0 aliphatic carbocycles. The van der Waals surface area contributed by atoms with Crippen molar-refractivity contribution in [1.82, 2.24) is 4.98 Å². The smallest absolute Gasteiger partial charge is 0.208 e. The van der Waals surface area contributed by atoms with Crippen molar-refractivity contribution in [3.63, 3.8) is 0 Å². The largest absolute Gasteiger partial charge is 0.497 e. The second-order valence-electron chi connectivity index (χ2n) is 6.32. The van der Waals surface area contributed by atoms with E-state index < -0.39 is 21.5 Å². The summed E-state index contributed by atoms with van der Waals surface area (Å²) in [6, 6.07) is 15.7. The molecule has 0 radical (unpaired) electrons. The number of methoxy groups -OCH3 is 1. The highest BCUT2D eigenvalue weighted by Crippen LogP contribution is 2.38. The second kappa shape index (κ2) is 7.25. The first-order valence-corrected chi connectivity index (χ1v) is 10.1. The van der Waals surface area contributed by atoms with E-state index in [1.807, 2.05) is 0 Å². The molecule has 0 atom stereocenters. The molecule has 146 valence electrons. The fourth-order valence-corrected chi connectivity index (χ4v) is 4.63. The van der Waals surface area contributed by atoms with Gasteiger partial charge in [0.25, 0.3) is 0 Å². The van der Waals surface area contributed by atoms with Gasteiger partial charge in [0.05, 0.1) is 16.9 Å². The van der Waals surface area contributed by atoms with Crippen LogP contribution in [0.3, 0.4) is 0 Å². The molecule has 0 unspecified atom stereocenters. The minimum atomic E-state index is -4.05. The summed E-state index contributed by atoms with van der Waals surface area (Å²) in [5.41, 5.74) is 0.893. The zero-order chi connectivity index (χ0) is 20.6. The van der Waals surface area contributed by atoms with E-state index in [-0.39, 0.29) is 15.3 Å². The van der Waals surface area contributed by atoms with Crippen LogP contribution in [0, 0.1) is 11.6 Å². The molecule has 0 bridgehead atoms. The maximum absolute atomic E-state index is 14.3. The summed E-state index contributed by atoms with van der Waals surface area (Å²) in [6.07, 6.45) is 1.14. The number of fused-ring (bicyclic) bond motifs is 1. The number of ether oxygens (including phenoxy) is 1. The number of rotatable bonds is 4. The summed E-state index contributed by atoms with van der Waals surface area (Å²) in [5, 5.41) is 0.349. The molecule has 0 aliphatic heterocycles. The van der Waals surface area contributed by atoms with E-state index >= 15 is 0 Å². The van der Waals surface area contributed by atoms with E-state index in [9.17, 15) is 17.2 Å². The number of benzene rings is 3. The molecule has 0 fully saturated rings. The Labute approximate surface area is 166 Å². The molecule has 0 saturated carbocycles. The highest BCUT2D eigenvalue weighted by molar-refractivity contribution is 7.91. The molecule has 4 aromatic rings. The van der Waals surface area contributed by atoms with Gasteiger partial charge in [-0.25, -0.2) is 17.2 Å². The summed E-state index contributed by atoms with van der Waals surface area (Å²) < 4.78 is 59.6. The van der Waals surface area contributed by atoms with E-state index in [2.05, 4.69) is 4.98 Å². The lowest BCUT2D eigenvalue weighted by molar-refractivity contribution is 0.415. The van der Waals surface area contributed by atoms with Crippen molar-refractivity contribution in [2.24, 2.45) is 0 Å². The van der Waals surface area contributed by atoms with Crippen LogP contribution in [-0.4, -0.2) is 20.5 Å². The van der Waals surface area contributed by atoms with Crippen molar-refractivity contribution in [3.05, 3.63) is 84.6 Å². The number of hydrogen-bond donors (Lipinski definition) is 0. The molecule has 4 nitrogen and oxygen atoms in total. The molecule has 0 aliphatic rings. The minimum absolute atomic E-state index is 0.0587. The highest BCUT2D eigenvalue weighted by Gasteiger charge is 2.25. The van der Waals surface area contributed by atoms with Gasteiger partial charge >= 0.3 is 0 Å². The van der Waals surface area contributed by atoms with Crippen LogP contribution >= 0.6 is 0 Å². The number of para-hydroxylation sites is 1. The third-order valence-electron chi connectivity index (χ3n) is 4.59. The van der Waals surface area contributed by atoms with Gasteiger partial charge in [-0.3, -0.25) is 4.98 Å². The fraction of sp³-hybridized carbons (Fsp3) is 0.0455. The maximum atomic E-state index is 14.3. The van der Waals surface area contributed by atoms with E-state index in [1.165, 1.54) is 31.4 Å². The molecule has 0 spiro atoms. The van der Waals surface area contributed by atoms with Crippen LogP contribution in [0.5, 0.6) is 5.75 Å². The first-order valence-electron chi connectivity index (χ1n) is 8.64. The maximum Gasteiger partial charge on any atom is 0.208 e. The fourth-order valence-electron chi connectivity index (χ4n) is 3.19. The van der Waals surface area contributed by atoms with Crippen molar-refractivity contribution in [3.8, 4) is 16.9 Å². The van der Waals surface area contributed by atoms with E-state index in [4.69, 9.17) is 4.74 Å². The van der Waals surface area contributed by atoms with Gasteiger partial charge in [0.1, 0.15) is 22.9 Å². The Morgan fingerprint density at radius 3 is 2.38 bits per heavy atom. The van der Waals surface area contributed by atoms with Crippen LogP contribution in [0.15, 0.2) is 82.7 Å². The minimum Gasteiger partial charge on any atom is -0.497 e. The molecule has 1 heterocycles. The van der Waals surface area contributed by atoms with Crippen LogP contribution in [-0.2, 0) is 9.84 Å². The van der Waals surface area contributed by atoms with Gasteiger partial charge in [-0.2, -0.15) is 0 Å².